The zero-order valence-corrected chi connectivity index (χ0v) is 16.5. The van der Waals surface area contributed by atoms with Crippen LogP contribution in [0.25, 0.3) is 10.9 Å². The summed E-state index contributed by atoms with van der Waals surface area (Å²) in [5.74, 6) is 1.55. The van der Waals surface area contributed by atoms with Gasteiger partial charge < -0.3 is 19.5 Å². The summed E-state index contributed by atoms with van der Waals surface area (Å²) < 4.78 is 10.7. The number of carbonyl (C=O) groups excluding carboxylic acids is 1. The van der Waals surface area contributed by atoms with Crippen molar-refractivity contribution in [2.75, 3.05) is 18.1 Å². The molecule has 1 aromatic carbocycles. The Morgan fingerprint density at radius 2 is 2.24 bits per heavy atom. The summed E-state index contributed by atoms with van der Waals surface area (Å²) >= 11 is 0. The van der Waals surface area contributed by atoms with Crippen LogP contribution >= 0.6 is 0 Å². The minimum Gasteiger partial charge on any atom is -0.371 e. The smallest absolute Gasteiger partial charge is 0.246 e. The first-order chi connectivity index (χ1) is 14.2. The van der Waals surface area contributed by atoms with Crippen LogP contribution in [0.5, 0.6) is 0 Å². The van der Waals surface area contributed by atoms with E-state index in [1.807, 2.05) is 38.1 Å². The van der Waals surface area contributed by atoms with Gasteiger partial charge in [0.25, 0.3) is 0 Å². The Morgan fingerprint density at radius 1 is 1.38 bits per heavy atom. The number of ether oxygens (including phenoxy) is 1. The van der Waals surface area contributed by atoms with Crippen molar-refractivity contribution in [3.63, 3.8) is 0 Å². The molecule has 2 atom stereocenters. The van der Waals surface area contributed by atoms with E-state index < -0.39 is 0 Å². The zero-order chi connectivity index (χ0) is 20.2. The molecule has 0 radical (unpaired) electrons. The largest absolute Gasteiger partial charge is 0.371 e. The van der Waals surface area contributed by atoms with E-state index in [0.29, 0.717) is 18.3 Å². The molecule has 9 nitrogen and oxygen atoms in total. The molecule has 1 amide bonds. The van der Waals surface area contributed by atoms with Gasteiger partial charge in [-0.2, -0.15) is 4.98 Å². The number of nitrogens with zero attached hydrogens (tertiary/aromatic N) is 5. The standard InChI is InChI=1S/C20H24N6O3/c1-3-28-13(2)18-24-17(29-25-18)11-21-20(27)16-9-6-10-26(16)19-14-7-4-5-8-15(14)22-12-23-19/h4-5,7-8,12-13,16H,3,6,9-11H2,1-2H3,(H,21,27)/t13-,16-/m1/s1. The van der Waals surface area contributed by atoms with Gasteiger partial charge in [0, 0.05) is 18.5 Å². The molecular weight excluding hydrogens is 372 g/mol. The van der Waals surface area contributed by atoms with Crippen LogP contribution in [-0.2, 0) is 16.1 Å². The van der Waals surface area contributed by atoms with Crippen molar-refractivity contribution in [1.82, 2.24) is 25.4 Å². The fourth-order valence-corrected chi connectivity index (χ4v) is 3.62. The molecule has 0 bridgehead atoms. The minimum atomic E-state index is -0.293. The summed E-state index contributed by atoms with van der Waals surface area (Å²) in [6.45, 7) is 5.29. The number of amides is 1. The Labute approximate surface area is 168 Å². The van der Waals surface area contributed by atoms with E-state index in [-0.39, 0.29) is 24.6 Å². The predicted octanol–water partition coefficient (Wildman–Crippen LogP) is 2.40. The van der Waals surface area contributed by atoms with Crippen LogP contribution < -0.4 is 10.2 Å². The molecule has 1 aliphatic rings. The van der Waals surface area contributed by atoms with Crippen LogP contribution in [0.15, 0.2) is 35.1 Å². The van der Waals surface area contributed by atoms with E-state index >= 15 is 0 Å². The third-order valence-electron chi connectivity index (χ3n) is 5.03. The number of fused-ring (bicyclic) bond motifs is 1. The van der Waals surface area contributed by atoms with Crippen LogP contribution in [0.4, 0.5) is 5.82 Å². The molecule has 152 valence electrons. The van der Waals surface area contributed by atoms with Gasteiger partial charge in [0.15, 0.2) is 5.82 Å². The number of anilines is 1. The summed E-state index contributed by atoms with van der Waals surface area (Å²) in [4.78, 5) is 28.0. The van der Waals surface area contributed by atoms with E-state index in [2.05, 4.69) is 30.3 Å². The van der Waals surface area contributed by atoms with Crippen molar-refractivity contribution in [3.05, 3.63) is 42.3 Å². The number of hydrogen-bond acceptors (Lipinski definition) is 8. The predicted molar refractivity (Wildman–Crippen MR) is 106 cm³/mol. The quantitative estimate of drug-likeness (QED) is 0.649. The molecule has 0 spiro atoms. The van der Waals surface area contributed by atoms with E-state index in [1.54, 1.807) is 6.33 Å². The number of nitrogens with one attached hydrogen (secondary N) is 1. The fourth-order valence-electron chi connectivity index (χ4n) is 3.62. The number of benzene rings is 1. The summed E-state index contributed by atoms with van der Waals surface area (Å²) in [6.07, 6.45) is 2.99. The van der Waals surface area contributed by atoms with Crippen LogP contribution in [0.3, 0.4) is 0 Å². The molecule has 1 fully saturated rings. The maximum absolute atomic E-state index is 12.9. The minimum absolute atomic E-state index is 0.0807. The van der Waals surface area contributed by atoms with Crippen molar-refractivity contribution in [3.8, 4) is 0 Å². The van der Waals surface area contributed by atoms with Gasteiger partial charge in [0.2, 0.25) is 11.8 Å². The lowest BCUT2D eigenvalue weighted by molar-refractivity contribution is -0.122. The highest BCUT2D eigenvalue weighted by molar-refractivity contribution is 5.93. The first kappa shape index (κ1) is 19.3. The topological polar surface area (TPSA) is 106 Å². The van der Waals surface area contributed by atoms with Crippen molar-refractivity contribution in [2.45, 2.75) is 45.4 Å². The molecule has 9 heteroatoms. The highest BCUT2D eigenvalue weighted by Gasteiger charge is 2.32. The SMILES string of the molecule is CCO[C@H](C)c1noc(CNC(=O)[C@H]2CCCN2c2ncnc3ccccc23)n1. The number of aromatic nitrogens is 4. The summed E-state index contributed by atoms with van der Waals surface area (Å²) in [5, 5.41) is 7.77. The molecule has 4 rings (SSSR count). The highest BCUT2D eigenvalue weighted by Crippen LogP contribution is 2.29. The monoisotopic (exact) mass is 396 g/mol. The Bertz CT molecular complexity index is 986. The molecule has 0 saturated carbocycles. The van der Waals surface area contributed by atoms with Gasteiger partial charge in [-0.3, -0.25) is 4.79 Å². The Hall–Kier alpha value is -3.07. The second-order valence-electron chi connectivity index (χ2n) is 6.93. The second kappa shape index (κ2) is 8.52. The van der Waals surface area contributed by atoms with Gasteiger partial charge in [0.05, 0.1) is 12.1 Å². The summed E-state index contributed by atoms with van der Waals surface area (Å²) in [6, 6.07) is 7.53. The third kappa shape index (κ3) is 4.04. The molecule has 0 unspecified atom stereocenters. The van der Waals surface area contributed by atoms with Crippen molar-refractivity contribution in [1.29, 1.82) is 0 Å². The average molecular weight is 396 g/mol. The number of hydrogen-bond donors (Lipinski definition) is 1. The fraction of sp³-hybridized carbons (Fsp3) is 0.450. The summed E-state index contributed by atoms with van der Waals surface area (Å²) in [7, 11) is 0. The normalized spacial score (nSPS) is 17.6. The van der Waals surface area contributed by atoms with Crippen LogP contribution in [0.1, 0.15) is 44.5 Å². The van der Waals surface area contributed by atoms with Crippen LogP contribution in [0.2, 0.25) is 0 Å². The van der Waals surface area contributed by atoms with Gasteiger partial charge in [-0.05, 0) is 38.8 Å². The molecule has 29 heavy (non-hydrogen) atoms. The zero-order valence-electron chi connectivity index (χ0n) is 16.5. The number of para-hydroxylation sites is 1. The first-order valence-electron chi connectivity index (χ1n) is 9.85. The third-order valence-corrected chi connectivity index (χ3v) is 5.03. The van der Waals surface area contributed by atoms with E-state index in [0.717, 1.165) is 36.1 Å². The average Bonchev–Trinajstić information content (AvgIpc) is 3.41. The molecule has 1 N–H and O–H groups in total. The lowest BCUT2D eigenvalue weighted by atomic mass is 10.2. The Balaban J connectivity index is 1.44. The van der Waals surface area contributed by atoms with E-state index in [9.17, 15) is 4.79 Å². The van der Waals surface area contributed by atoms with Crippen molar-refractivity contribution >= 4 is 22.6 Å². The van der Waals surface area contributed by atoms with Gasteiger partial charge >= 0.3 is 0 Å². The second-order valence-corrected chi connectivity index (χ2v) is 6.93. The maximum atomic E-state index is 12.9. The van der Waals surface area contributed by atoms with Crippen LogP contribution in [0, 0.1) is 0 Å². The van der Waals surface area contributed by atoms with E-state index in [4.69, 9.17) is 9.26 Å². The summed E-state index contributed by atoms with van der Waals surface area (Å²) in [5.41, 5.74) is 0.866. The lowest BCUT2D eigenvalue weighted by Crippen LogP contribution is -2.43. The molecule has 1 saturated heterocycles. The van der Waals surface area contributed by atoms with Crippen molar-refractivity contribution < 1.29 is 14.1 Å². The maximum Gasteiger partial charge on any atom is 0.246 e. The Morgan fingerprint density at radius 3 is 3.10 bits per heavy atom. The first-order valence-corrected chi connectivity index (χ1v) is 9.85. The van der Waals surface area contributed by atoms with Gasteiger partial charge in [0.1, 0.15) is 24.3 Å². The molecule has 1 aliphatic heterocycles. The number of carbonyl (C=O) groups is 1. The Kier molecular flexibility index (Phi) is 5.66. The highest BCUT2D eigenvalue weighted by atomic mass is 16.5. The molecule has 0 aliphatic carbocycles. The lowest BCUT2D eigenvalue weighted by Gasteiger charge is -2.25. The van der Waals surface area contributed by atoms with Gasteiger partial charge in [-0.25, -0.2) is 9.97 Å². The van der Waals surface area contributed by atoms with Gasteiger partial charge in [-0.1, -0.05) is 17.3 Å². The van der Waals surface area contributed by atoms with Crippen molar-refractivity contribution in [2.24, 2.45) is 0 Å². The van der Waals surface area contributed by atoms with Gasteiger partial charge in [-0.15, -0.1) is 0 Å². The molecule has 3 heterocycles. The van der Waals surface area contributed by atoms with Crippen LogP contribution in [-0.4, -0.2) is 45.2 Å². The molecular formula is C20H24N6O3. The van der Waals surface area contributed by atoms with E-state index in [1.165, 1.54) is 0 Å². The molecule has 3 aromatic rings. The number of rotatable bonds is 7. The molecule has 2 aromatic heterocycles.